The molecule has 2 saturated heterocycles. The SMILES string of the molecule is O=C1NC[C@@H](C(=O)N2CCC(O)CC2)O1. The van der Waals surface area contributed by atoms with Gasteiger partial charge in [-0.05, 0) is 12.8 Å². The molecule has 2 rings (SSSR count). The minimum absolute atomic E-state index is 0.166. The van der Waals surface area contributed by atoms with Gasteiger partial charge in [0, 0.05) is 13.1 Å². The summed E-state index contributed by atoms with van der Waals surface area (Å²) in [6.45, 7) is 1.32. The first kappa shape index (κ1) is 10.2. The van der Waals surface area contributed by atoms with Crippen LogP contribution in [0.15, 0.2) is 0 Å². The summed E-state index contributed by atoms with van der Waals surface area (Å²) in [4.78, 5) is 24.2. The zero-order valence-electron chi connectivity index (χ0n) is 8.31. The standard InChI is InChI=1S/C9H14N2O4/c12-6-1-3-11(4-2-6)8(13)7-5-10-9(14)15-7/h6-7,12H,1-5H2,(H,10,14)/t7-/m0/s1. The first-order valence-corrected chi connectivity index (χ1v) is 5.08. The molecule has 2 heterocycles. The largest absolute Gasteiger partial charge is 0.434 e. The topological polar surface area (TPSA) is 78.9 Å². The molecular formula is C9H14N2O4. The molecule has 15 heavy (non-hydrogen) atoms. The number of nitrogens with zero attached hydrogens (tertiary/aromatic N) is 1. The van der Waals surface area contributed by atoms with Gasteiger partial charge in [-0.1, -0.05) is 0 Å². The number of carbonyl (C=O) groups is 2. The van der Waals surface area contributed by atoms with E-state index in [9.17, 15) is 14.7 Å². The summed E-state index contributed by atoms with van der Waals surface area (Å²) < 4.78 is 4.80. The summed E-state index contributed by atoms with van der Waals surface area (Å²) >= 11 is 0. The third-order valence-electron chi connectivity index (χ3n) is 2.73. The highest BCUT2D eigenvalue weighted by atomic mass is 16.6. The summed E-state index contributed by atoms with van der Waals surface area (Å²) in [6, 6.07) is 0. The van der Waals surface area contributed by atoms with E-state index in [0.717, 1.165) is 0 Å². The van der Waals surface area contributed by atoms with Gasteiger partial charge in [-0.15, -0.1) is 0 Å². The number of amides is 2. The van der Waals surface area contributed by atoms with E-state index < -0.39 is 12.2 Å². The lowest BCUT2D eigenvalue weighted by Crippen LogP contribution is -2.46. The molecule has 0 bridgehead atoms. The molecule has 2 aliphatic heterocycles. The third-order valence-corrected chi connectivity index (χ3v) is 2.73. The van der Waals surface area contributed by atoms with Gasteiger partial charge in [0.15, 0.2) is 6.10 Å². The number of alkyl carbamates (subject to hydrolysis) is 1. The summed E-state index contributed by atoms with van der Waals surface area (Å²) in [5.41, 5.74) is 0. The predicted octanol–water partition coefficient (Wildman–Crippen LogP) is -0.922. The van der Waals surface area contributed by atoms with Crippen molar-refractivity contribution in [2.45, 2.75) is 25.0 Å². The van der Waals surface area contributed by atoms with Crippen LogP contribution in [0.25, 0.3) is 0 Å². The first-order valence-electron chi connectivity index (χ1n) is 5.08. The average Bonchev–Trinajstić information content (AvgIpc) is 2.65. The Morgan fingerprint density at radius 1 is 1.47 bits per heavy atom. The fourth-order valence-corrected chi connectivity index (χ4v) is 1.82. The second-order valence-corrected chi connectivity index (χ2v) is 3.83. The van der Waals surface area contributed by atoms with Gasteiger partial charge in [0.2, 0.25) is 0 Å². The molecule has 1 atom stereocenters. The van der Waals surface area contributed by atoms with E-state index in [4.69, 9.17) is 4.74 Å². The van der Waals surface area contributed by atoms with Gasteiger partial charge in [-0.2, -0.15) is 0 Å². The Kier molecular flexibility index (Phi) is 2.77. The van der Waals surface area contributed by atoms with Gasteiger partial charge < -0.3 is 20.1 Å². The number of carbonyl (C=O) groups excluding carboxylic acids is 2. The Morgan fingerprint density at radius 2 is 2.13 bits per heavy atom. The summed E-state index contributed by atoms with van der Waals surface area (Å²) in [7, 11) is 0. The van der Waals surface area contributed by atoms with Crippen molar-refractivity contribution < 1.29 is 19.4 Å². The molecule has 2 fully saturated rings. The molecule has 6 heteroatoms. The van der Waals surface area contributed by atoms with E-state index in [1.165, 1.54) is 0 Å². The lowest BCUT2D eigenvalue weighted by molar-refractivity contribution is -0.140. The van der Waals surface area contributed by atoms with Crippen LogP contribution < -0.4 is 5.32 Å². The van der Waals surface area contributed by atoms with E-state index in [2.05, 4.69) is 5.32 Å². The van der Waals surface area contributed by atoms with Gasteiger partial charge in [-0.25, -0.2) is 4.79 Å². The molecule has 2 aliphatic rings. The fraction of sp³-hybridized carbons (Fsp3) is 0.778. The molecule has 0 aromatic heterocycles. The van der Waals surface area contributed by atoms with Crippen molar-refractivity contribution in [1.29, 1.82) is 0 Å². The highest BCUT2D eigenvalue weighted by Gasteiger charge is 2.34. The maximum absolute atomic E-state index is 11.8. The van der Waals surface area contributed by atoms with Crippen molar-refractivity contribution >= 4 is 12.0 Å². The number of aliphatic hydroxyl groups excluding tert-OH is 1. The molecule has 2 N–H and O–H groups in total. The lowest BCUT2D eigenvalue weighted by Gasteiger charge is -2.30. The van der Waals surface area contributed by atoms with E-state index in [1.807, 2.05) is 0 Å². The Balaban J connectivity index is 1.88. The van der Waals surface area contributed by atoms with Crippen molar-refractivity contribution in [3.05, 3.63) is 0 Å². The Bertz CT molecular complexity index is 273. The van der Waals surface area contributed by atoms with E-state index >= 15 is 0 Å². The molecule has 0 aliphatic carbocycles. The van der Waals surface area contributed by atoms with Crippen molar-refractivity contribution in [3.63, 3.8) is 0 Å². The quantitative estimate of drug-likeness (QED) is 0.591. The van der Waals surface area contributed by atoms with Crippen LogP contribution in [-0.4, -0.2) is 53.8 Å². The number of hydrogen-bond donors (Lipinski definition) is 2. The number of rotatable bonds is 1. The smallest absolute Gasteiger partial charge is 0.408 e. The number of likely N-dealkylation sites (tertiary alicyclic amines) is 1. The Morgan fingerprint density at radius 3 is 2.67 bits per heavy atom. The zero-order chi connectivity index (χ0) is 10.8. The summed E-state index contributed by atoms with van der Waals surface area (Å²) in [5.74, 6) is -0.166. The molecule has 2 amide bonds. The van der Waals surface area contributed by atoms with Crippen LogP contribution in [0.2, 0.25) is 0 Å². The van der Waals surface area contributed by atoms with Crippen LogP contribution in [-0.2, 0) is 9.53 Å². The van der Waals surface area contributed by atoms with Crippen LogP contribution in [0, 0.1) is 0 Å². The van der Waals surface area contributed by atoms with Crippen molar-refractivity contribution in [2.75, 3.05) is 19.6 Å². The predicted molar refractivity (Wildman–Crippen MR) is 50.1 cm³/mol. The molecule has 0 saturated carbocycles. The normalized spacial score (nSPS) is 27.4. The average molecular weight is 214 g/mol. The van der Waals surface area contributed by atoms with Crippen LogP contribution in [0.3, 0.4) is 0 Å². The minimum atomic E-state index is -0.687. The molecule has 0 unspecified atom stereocenters. The number of ether oxygens (including phenoxy) is 1. The van der Waals surface area contributed by atoms with Gasteiger partial charge in [0.25, 0.3) is 5.91 Å². The van der Waals surface area contributed by atoms with Gasteiger partial charge >= 0.3 is 6.09 Å². The Labute approximate surface area is 87.2 Å². The Hall–Kier alpha value is -1.30. The van der Waals surface area contributed by atoms with Gasteiger partial charge in [0.1, 0.15) is 0 Å². The first-order chi connectivity index (χ1) is 7.16. The van der Waals surface area contributed by atoms with E-state index in [-0.39, 0.29) is 18.6 Å². The molecule has 6 nitrogen and oxygen atoms in total. The highest BCUT2D eigenvalue weighted by molar-refractivity contribution is 5.86. The second kappa shape index (κ2) is 4.06. The zero-order valence-corrected chi connectivity index (χ0v) is 8.31. The fourth-order valence-electron chi connectivity index (χ4n) is 1.82. The molecule has 0 spiro atoms. The van der Waals surface area contributed by atoms with Crippen molar-refractivity contribution in [3.8, 4) is 0 Å². The highest BCUT2D eigenvalue weighted by Crippen LogP contribution is 2.13. The molecule has 0 aromatic rings. The van der Waals surface area contributed by atoms with Crippen LogP contribution >= 0.6 is 0 Å². The molecule has 0 aromatic carbocycles. The number of piperidine rings is 1. The third kappa shape index (κ3) is 2.20. The summed E-state index contributed by atoms with van der Waals surface area (Å²) in [5, 5.41) is 11.7. The maximum Gasteiger partial charge on any atom is 0.408 e. The number of nitrogens with one attached hydrogen (secondary N) is 1. The van der Waals surface area contributed by atoms with Gasteiger partial charge in [-0.3, -0.25) is 4.79 Å². The molecular weight excluding hydrogens is 200 g/mol. The second-order valence-electron chi connectivity index (χ2n) is 3.83. The number of aliphatic hydroxyl groups is 1. The minimum Gasteiger partial charge on any atom is -0.434 e. The molecule has 0 radical (unpaired) electrons. The lowest BCUT2D eigenvalue weighted by atomic mass is 10.1. The van der Waals surface area contributed by atoms with Crippen LogP contribution in [0.5, 0.6) is 0 Å². The maximum atomic E-state index is 11.8. The number of cyclic esters (lactones) is 1. The van der Waals surface area contributed by atoms with E-state index in [1.54, 1.807) is 4.90 Å². The van der Waals surface area contributed by atoms with Crippen LogP contribution in [0.1, 0.15) is 12.8 Å². The van der Waals surface area contributed by atoms with Crippen molar-refractivity contribution in [1.82, 2.24) is 10.2 Å². The van der Waals surface area contributed by atoms with E-state index in [0.29, 0.717) is 25.9 Å². The van der Waals surface area contributed by atoms with Gasteiger partial charge in [0.05, 0.1) is 12.6 Å². The summed E-state index contributed by atoms with van der Waals surface area (Å²) in [6.07, 6.45) is -0.337. The van der Waals surface area contributed by atoms with Crippen LogP contribution in [0.4, 0.5) is 4.79 Å². The number of hydrogen-bond acceptors (Lipinski definition) is 4. The van der Waals surface area contributed by atoms with Crippen molar-refractivity contribution in [2.24, 2.45) is 0 Å². The monoisotopic (exact) mass is 214 g/mol. The molecule has 84 valence electrons.